The van der Waals surface area contributed by atoms with Crippen LogP contribution >= 0.6 is 0 Å². The molecule has 2 aliphatic heterocycles. The maximum atomic E-state index is 12.8. The molecule has 3 heterocycles. The number of piperidine rings is 2. The number of carbonyl (C=O) groups is 2. The predicted molar refractivity (Wildman–Crippen MR) is 91.4 cm³/mol. The number of aromatic nitrogens is 1. The molecule has 1 unspecified atom stereocenters. The zero-order valence-electron chi connectivity index (χ0n) is 14.5. The number of nitrogens with zero attached hydrogens (tertiary/aromatic N) is 3. The molecule has 6 nitrogen and oxygen atoms in total. The SMILES string of the molecule is Cc1ncccc1C(=O)N1CCC2(CCCN(C)C2C(N)=O)CC1. The second kappa shape index (κ2) is 6.51. The number of aryl methyl sites for hydroxylation is 1. The summed E-state index contributed by atoms with van der Waals surface area (Å²) in [5, 5.41) is 0. The third kappa shape index (κ3) is 2.90. The number of rotatable bonds is 2. The van der Waals surface area contributed by atoms with E-state index in [1.54, 1.807) is 12.3 Å². The topological polar surface area (TPSA) is 79.5 Å². The van der Waals surface area contributed by atoms with Crippen molar-refractivity contribution in [3.8, 4) is 0 Å². The van der Waals surface area contributed by atoms with Crippen LogP contribution in [0.1, 0.15) is 41.7 Å². The number of amides is 2. The molecule has 0 bridgehead atoms. The molecular weight excluding hydrogens is 304 g/mol. The molecule has 130 valence electrons. The number of likely N-dealkylation sites (N-methyl/N-ethyl adjacent to an activating group) is 1. The standard InChI is InChI=1S/C18H26N4O2/c1-13-14(5-3-9-20-13)17(24)22-11-7-18(8-12-22)6-4-10-21(2)15(18)16(19)23/h3,5,9,15H,4,6-8,10-12H2,1-2H3,(H2,19,23). The Labute approximate surface area is 143 Å². The Bertz CT molecular complexity index is 638. The van der Waals surface area contributed by atoms with Crippen molar-refractivity contribution in [2.45, 2.75) is 38.6 Å². The smallest absolute Gasteiger partial charge is 0.255 e. The van der Waals surface area contributed by atoms with Gasteiger partial charge in [0.2, 0.25) is 5.91 Å². The highest BCUT2D eigenvalue weighted by molar-refractivity contribution is 5.95. The summed E-state index contributed by atoms with van der Waals surface area (Å²) in [6.07, 6.45) is 5.45. The van der Waals surface area contributed by atoms with E-state index in [1.165, 1.54) is 0 Å². The van der Waals surface area contributed by atoms with Crippen LogP contribution < -0.4 is 5.73 Å². The quantitative estimate of drug-likeness (QED) is 0.883. The molecule has 6 heteroatoms. The molecule has 2 amide bonds. The van der Waals surface area contributed by atoms with Gasteiger partial charge in [-0.25, -0.2) is 0 Å². The minimum Gasteiger partial charge on any atom is -0.368 e. The molecular formula is C18H26N4O2. The monoisotopic (exact) mass is 330 g/mol. The molecule has 1 aromatic heterocycles. The Morgan fingerprint density at radius 1 is 1.25 bits per heavy atom. The number of pyridine rings is 1. The Morgan fingerprint density at radius 2 is 1.96 bits per heavy atom. The van der Waals surface area contributed by atoms with Gasteiger partial charge in [0.05, 0.1) is 11.6 Å². The normalized spacial score (nSPS) is 24.1. The molecule has 24 heavy (non-hydrogen) atoms. The summed E-state index contributed by atoms with van der Waals surface area (Å²) in [4.78, 5) is 33.0. The second-order valence-electron chi connectivity index (χ2n) is 7.18. The number of carbonyl (C=O) groups excluding carboxylic acids is 2. The first-order chi connectivity index (χ1) is 11.4. The highest BCUT2D eigenvalue weighted by Crippen LogP contribution is 2.44. The highest BCUT2D eigenvalue weighted by Gasteiger charge is 2.48. The van der Waals surface area contributed by atoms with Crippen LogP contribution in [0.4, 0.5) is 0 Å². The van der Waals surface area contributed by atoms with E-state index < -0.39 is 0 Å². The molecule has 2 N–H and O–H groups in total. The molecule has 0 saturated carbocycles. The minimum absolute atomic E-state index is 0.0373. The number of nitrogens with two attached hydrogens (primary N) is 1. The van der Waals surface area contributed by atoms with Gasteiger partial charge in [-0.15, -0.1) is 0 Å². The second-order valence-corrected chi connectivity index (χ2v) is 7.18. The summed E-state index contributed by atoms with van der Waals surface area (Å²) < 4.78 is 0. The van der Waals surface area contributed by atoms with E-state index in [1.807, 2.05) is 24.9 Å². The average molecular weight is 330 g/mol. The van der Waals surface area contributed by atoms with E-state index >= 15 is 0 Å². The van der Waals surface area contributed by atoms with Gasteiger partial charge >= 0.3 is 0 Å². The first kappa shape index (κ1) is 16.9. The fourth-order valence-electron chi connectivity index (χ4n) is 4.49. The Morgan fingerprint density at radius 3 is 2.58 bits per heavy atom. The number of hydrogen-bond donors (Lipinski definition) is 1. The van der Waals surface area contributed by atoms with Crippen molar-refractivity contribution in [3.05, 3.63) is 29.6 Å². The van der Waals surface area contributed by atoms with Crippen LogP contribution in [0, 0.1) is 12.3 Å². The molecule has 0 aliphatic carbocycles. The van der Waals surface area contributed by atoms with E-state index in [0.717, 1.165) is 37.9 Å². The van der Waals surface area contributed by atoms with Crippen LogP contribution in [0.15, 0.2) is 18.3 Å². The zero-order chi connectivity index (χ0) is 17.3. The van der Waals surface area contributed by atoms with Crippen molar-refractivity contribution in [2.75, 3.05) is 26.7 Å². The van der Waals surface area contributed by atoms with Gasteiger partial charge in [0, 0.05) is 25.0 Å². The van der Waals surface area contributed by atoms with E-state index in [-0.39, 0.29) is 23.3 Å². The maximum absolute atomic E-state index is 12.8. The van der Waals surface area contributed by atoms with Gasteiger partial charge in [0.15, 0.2) is 0 Å². The van der Waals surface area contributed by atoms with Crippen molar-refractivity contribution in [3.63, 3.8) is 0 Å². The number of primary amides is 1. The maximum Gasteiger partial charge on any atom is 0.255 e. The molecule has 0 radical (unpaired) electrons. The van der Waals surface area contributed by atoms with Crippen LogP contribution in [0.2, 0.25) is 0 Å². The lowest BCUT2D eigenvalue weighted by Crippen LogP contribution is -2.60. The van der Waals surface area contributed by atoms with Gasteiger partial charge in [-0.05, 0) is 63.7 Å². The van der Waals surface area contributed by atoms with Crippen molar-refractivity contribution < 1.29 is 9.59 Å². The van der Waals surface area contributed by atoms with E-state index in [4.69, 9.17) is 5.73 Å². The fourth-order valence-corrected chi connectivity index (χ4v) is 4.49. The van der Waals surface area contributed by atoms with Crippen molar-refractivity contribution in [2.24, 2.45) is 11.1 Å². The van der Waals surface area contributed by atoms with E-state index in [0.29, 0.717) is 18.7 Å². The van der Waals surface area contributed by atoms with Gasteiger partial charge in [-0.3, -0.25) is 19.5 Å². The van der Waals surface area contributed by atoms with E-state index in [9.17, 15) is 9.59 Å². The van der Waals surface area contributed by atoms with Crippen LogP contribution in [0.25, 0.3) is 0 Å². The summed E-state index contributed by atoms with van der Waals surface area (Å²) in [7, 11) is 1.98. The minimum atomic E-state index is -0.236. The van der Waals surface area contributed by atoms with Crippen LogP contribution in [0.5, 0.6) is 0 Å². The molecule has 2 aliphatic rings. The lowest BCUT2D eigenvalue weighted by Gasteiger charge is -2.51. The van der Waals surface area contributed by atoms with E-state index in [2.05, 4.69) is 9.88 Å². The third-order valence-corrected chi connectivity index (χ3v) is 5.76. The van der Waals surface area contributed by atoms with Gasteiger partial charge in [0.25, 0.3) is 5.91 Å². The highest BCUT2D eigenvalue weighted by atomic mass is 16.2. The summed E-state index contributed by atoms with van der Waals surface area (Å²) >= 11 is 0. The predicted octanol–water partition coefficient (Wildman–Crippen LogP) is 1.19. The summed E-state index contributed by atoms with van der Waals surface area (Å²) in [6.45, 7) is 4.11. The Hall–Kier alpha value is -1.95. The van der Waals surface area contributed by atoms with Crippen LogP contribution in [-0.4, -0.2) is 59.3 Å². The van der Waals surface area contributed by atoms with Crippen LogP contribution in [0.3, 0.4) is 0 Å². The van der Waals surface area contributed by atoms with Gasteiger partial charge in [-0.1, -0.05) is 0 Å². The average Bonchev–Trinajstić information content (AvgIpc) is 2.55. The first-order valence-corrected chi connectivity index (χ1v) is 8.65. The lowest BCUT2D eigenvalue weighted by atomic mass is 9.66. The molecule has 0 aromatic carbocycles. The van der Waals surface area contributed by atoms with Crippen LogP contribution in [-0.2, 0) is 4.79 Å². The summed E-state index contributed by atoms with van der Waals surface area (Å²) in [5.41, 5.74) is 7.04. The Balaban J connectivity index is 1.74. The van der Waals surface area contributed by atoms with Crippen molar-refractivity contribution in [1.29, 1.82) is 0 Å². The third-order valence-electron chi connectivity index (χ3n) is 5.76. The Kier molecular flexibility index (Phi) is 4.58. The fraction of sp³-hybridized carbons (Fsp3) is 0.611. The summed E-state index contributed by atoms with van der Waals surface area (Å²) in [5.74, 6) is -0.199. The number of hydrogen-bond acceptors (Lipinski definition) is 4. The zero-order valence-corrected chi connectivity index (χ0v) is 14.5. The van der Waals surface area contributed by atoms with Crippen molar-refractivity contribution in [1.82, 2.24) is 14.8 Å². The lowest BCUT2D eigenvalue weighted by molar-refractivity contribution is -0.132. The van der Waals surface area contributed by atoms with Crippen molar-refractivity contribution >= 4 is 11.8 Å². The van der Waals surface area contributed by atoms with Gasteiger partial charge in [-0.2, -0.15) is 0 Å². The number of likely N-dealkylation sites (tertiary alicyclic amines) is 2. The molecule has 1 atom stereocenters. The molecule has 1 spiro atoms. The first-order valence-electron chi connectivity index (χ1n) is 8.65. The summed E-state index contributed by atoms with van der Waals surface area (Å²) in [6, 6.07) is 3.41. The van der Waals surface area contributed by atoms with Gasteiger partial charge in [0.1, 0.15) is 0 Å². The largest absolute Gasteiger partial charge is 0.368 e. The molecule has 2 fully saturated rings. The molecule has 3 rings (SSSR count). The van der Waals surface area contributed by atoms with Gasteiger partial charge < -0.3 is 10.6 Å². The molecule has 2 saturated heterocycles. The molecule has 1 aromatic rings.